The van der Waals surface area contributed by atoms with E-state index in [0.29, 0.717) is 24.5 Å². The molecule has 2 aromatic rings. The van der Waals surface area contributed by atoms with Gasteiger partial charge >= 0.3 is 0 Å². The highest BCUT2D eigenvalue weighted by Crippen LogP contribution is 2.19. The number of hydrogen-bond donors (Lipinski definition) is 0. The Bertz CT molecular complexity index is 701. The third-order valence-electron chi connectivity index (χ3n) is 3.86. The van der Waals surface area contributed by atoms with Gasteiger partial charge in [-0.25, -0.2) is 8.42 Å². The molecule has 0 saturated carbocycles. The van der Waals surface area contributed by atoms with E-state index in [1.807, 2.05) is 13.0 Å². The van der Waals surface area contributed by atoms with E-state index in [4.69, 9.17) is 0 Å². The van der Waals surface area contributed by atoms with Crippen molar-refractivity contribution in [2.24, 2.45) is 0 Å². The van der Waals surface area contributed by atoms with Crippen molar-refractivity contribution in [2.75, 3.05) is 26.2 Å². The molecule has 0 N–H and O–H groups in total. The highest BCUT2D eigenvalue weighted by atomic mass is 32.2. The molecule has 0 unspecified atom stereocenters. The quantitative estimate of drug-likeness (QED) is 0.827. The number of piperazine rings is 1. The molecule has 0 aromatic carbocycles. The van der Waals surface area contributed by atoms with Gasteiger partial charge in [-0.05, 0) is 18.4 Å². The van der Waals surface area contributed by atoms with Crippen molar-refractivity contribution in [2.45, 2.75) is 24.9 Å². The fraction of sp³-hybridized carbons (Fsp3) is 0.500. The molecule has 0 amide bonds. The lowest BCUT2D eigenvalue weighted by atomic mass is 10.3. The summed E-state index contributed by atoms with van der Waals surface area (Å²) in [6.45, 7) is 6.10. The summed E-state index contributed by atoms with van der Waals surface area (Å²) in [7, 11) is -3.41. The first kappa shape index (κ1) is 15.7. The van der Waals surface area contributed by atoms with Crippen LogP contribution < -0.4 is 0 Å². The maximum absolute atomic E-state index is 12.6. The second-order valence-electron chi connectivity index (χ2n) is 5.29. The van der Waals surface area contributed by atoms with Gasteiger partial charge in [-0.2, -0.15) is 9.40 Å². The van der Waals surface area contributed by atoms with Gasteiger partial charge in [0.15, 0.2) is 0 Å². The fourth-order valence-corrected chi connectivity index (χ4v) is 4.67. The molecule has 8 heteroatoms. The van der Waals surface area contributed by atoms with Crippen LogP contribution in [0.25, 0.3) is 0 Å². The van der Waals surface area contributed by atoms with Gasteiger partial charge in [-0.1, -0.05) is 6.07 Å². The summed E-state index contributed by atoms with van der Waals surface area (Å²) in [5, 5.41) is 6.13. The number of hydrogen-bond acceptors (Lipinski definition) is 5. The van der Waals surface area contributed by atoms with E-state index in [0.717, 1.165) is 19.6 Å². The number of aryl methyl sites for hydroxylation is 1. The smallest absolute Gasteiger partial charge is 0.246 e. The maximum atomic E-state index is 12.6. The van der Waals surface area contributed by atoms with Crippen molar-refractivity contribution in [3.63, 3.8) is 0 Å². The van der Waals surface area contributed by atoms with E-state index in [1.165, 1.54) is 11.1 Å². The van der Waals surface area contributed by atoms with E-state index >= 15 is 0 Å². The minimum atomic E-state index is -3.41. The first-order valence-electron chi connectivity index (χ1n) is 7.37. The van der Waals surface area contributed by atoms with Crippen LogP contribution in [0.3, 0.4) is 0 Å². The van der Waals surface area contributed by atoms with Gasteiger partial charge < -0.3 is 0 Å². The summed E-state index contributed by atoms with van der Waals surface area (Å²) >= 11 is 1.74. The maximum Gasteiger partial charge on any atom is 0.246 e. The van der Waals surface area contributed by atoms with Crippen LogP contribution in [-0.4, -0.2) is 53.6 Å². The third kappa shape index (κ3) is 3.24. The third-order valence-corrected chi connectivity index (χ3v) is 6.57. The number of sulfonamides is 1. The van der Waals surface area contributed by atoms with Gasteiger partial charge in [0.05, 0.1) is 6.20 Å². The average molecular weight is 340 g/mol. The van der Waals surface area contributed by atoms with Gasteiger partial charge in [-0.15, -0.1) is 11.3 Å². The first-order valence-corrected chi connectivity index (χ1v) is 9.69. The van der Waals surface area contributed by atoms with Crippen LogP contribution in [-0.2, 0) is 23.1 Å². The van der Waals surface area contributed by atoms with Crippen LogP contribution >= 0.6 is 11.3 Å². The first-order chi connectivity index (χ1) is 10.6. The lowest BCUT2D eigenvalue weighted by Crippen LogP contribution is -2.48. The highest BCUT2D eigenvalue weighted by molar-refractivity contribution is 7.89. The molecule has 1 saturated heterocycles. The van der Waals surface area contributed by atoms with Crippen molar-refractivity contribution in [3.8, 4) is 0 Å². The lowest BCUT2D eigenvalue weighted by Gasteiger charge is -2.33. The lowest BCUT2D eigenvalue weighted by molar-refractivity contribution is 0.183. The Hall–Kier alpha value is -1.22. The van der Waals surface area contributed by atoms with Crippen LogP contribution in [0.1, 0.15) is 11.8 Å². The summed E-state index contributed by atoms with van der Waals surface area (Å²) in [5.41, 5.74) is 0. The van der Waals surface area contributed by atoms with E-state index in [-0.39, 0.29) is 0 Å². The predicted octanol–water partition coefficient (Wildman–Crippen LogP) is 1.47. The molecule has 1 aliphatic rings. The largest absolute Gasteiger partial charge is 0.296 e. The Balaban J connectivity index is 1.62. The molecular formula is C14H20N4O2S2. The van der Waals surface area contributed by atoms with Gasteiger partial charge in [0.2, 0.25) is 10.0 Å². The van der Waals surface area contributed by atoms with Crippen LogP contribution in [0.15, 0.2) is 34.8 Å². The van der Waals surface area contributed by atoms with Crippen molar-refractivity contribution in [1.82, 2.24) is 19.0 Å². The van der Waals surface area contributed by atoms with Crippen molar-refractivity contribution in [1.29, 1.82) is 0 Å². The van der Waals surface area contributed by atoms with Gasteiger partial charge in [-0.3, -0.25) is 9.58 Å². The minimum absolute atomic E-state index is 0.293. The van der Waals surface area contributed by atoms with Crippen LogP contribution in [0.2, 0.25) is 0 Å². The molecule has 0 aliphatic carbocycles. The SMILES string of the molecule is CCn1cc(S(=O)(=O)N2CCN(Cc3cccs3)CC2)cn1. The summed E-state index contributed by atoms with van der Waals surface area (Å²) in [4.78, 5) is 3.91. The molecule has 6 nitrogen and oxygen atoms in total. The number of rotatable bonds is 5. The standard InChI is InChI=1S/C14H20N4O2S2/c1-2-17-12-14(10-15-17)22(19,20)18-7-5-16(6-8-18)11-13-4-3-9-21-13/h3-4,9-10,12H,2,5-8,11H2,1H3. The van der Waals surface area contributed by atoms with Crippen LogP contribution in [0, 0.1) is 0 Å². The Kier molecular flexibility index (Phi) is 4.62. The molecule has 0 bridgehead atoms. The van der Waals surface area contributed by atoms with Crippen molar-refractivity contribution >= 4 is 21.4 Å². The highest BCUT2D eigenvalue weighted by Gasteiger charge is 2.29. The average Bonchev–Trinajstić information content (AvgIpc) is 3.19. The second-order valence-corrected chi connectivity index (χ2v) is 8.26. The molecule has 0 spiro atoms. The Labute approximate surface area is 135 Å². The summed E-state index contributed by atoms with van der Waals surface area (Å²) in [5.74, 6) is 0. The molecule has 22 heavy (non-hydrogen) atoms. The normalized spacial score (nSPS) is 17.9. The van der Waals surface area contributed by atoms with Crippen molar-refractivity contribution in [3.05, 3.63) is 34.8 Å². The molecule has 120 valence electrons. The molecule has 1 aliphatic heterocycles. The van der Waals surface area contributed by atoms with E-state index < -0.39 is 10.0 Å². The molecule has 3 rings (SSSR count). The van der Waals surface area contributed by atoms with Gasteiger partial charge in [0, 0.05) is 50.3 Å². The Morgan fingerprint density at radius 1 is 1.27 bits per heavy atom. The zero-order chi connectivity index (χ0) is 15.6. The predicted molar refractivity (Wildman–Crippen MR) is 86.3 cm³/mol. The molecule has 0 radical (unpaired) electrons. The number of aromatic nitrogens is 2. The van der Waals surface area contributed by atoms with Gasteiger partial charge in [0.25, 0.3) is 0 Å². The number of thiophene rings is 1. The van der Waals surface area contributed by atoms with E-state index in [1.54, 1.807) is 26.5 Å². The van der Waals surface area contributed by atoms with Crippen LogP contribution in [0.5, 0.6) is 0 Å². The minimum Gasteiger partial charge on any atom is -0.296 e. The Morgan fingerprint density at radius 2 is 2.05 bits per heavy atom. The molecular weight excluding hydrogens is 320 g/mol. The molecule has 1 fully saturated rings. The molecule has 0 atom stereocenters. The monoisotopic (exact) mass is 340 g/mol. The molecule has 2 aromatic heterocycles. The topological polar surface area (TPSA) is 58.4 Å². The summed E-state index contributed by atoms with van der Waals surface area (Å²) in [6.07, 6.45) is 3.05. The zero-order valence-electron chi connectivity index (χ0n) is 12.6. The van der Waals surface area contributed by atoms with E-state index in [2.05, 4.69) is 21.4 Å². The Morgan fingerprint density at radius 3 is 2.64 bits per heavy atom. The molecule has 3 heterocycles. The van der Waals surface area contributed by atoms with Crippen LogP contribution in [0.4, 0.5) is 0 Å². The zero-order valence-corrected chi connectivity index (χ0v) is 14.2. The summed E-state index contributed by atoms with van der Waals surface area (Å²) < 4.78 is 28.4. The second kappa shape index (κ2) is 6.49. The van der Waals surface area contributed by atoms with E-state index in [9.17, 15) is 8.42 Å². The summed E-state index contributed by atoms with van der Waals surface area (Å²) in [6, 6.07) is 4.17. The van der Waals surface area contributed by atoms with Gasteiger partial charge in [0.1, 0.15) is 4.90 Å². The van der Waals surface area contributed by atoms with Crippen molar-refractivity contribution < 1.29 is 8.42 Å². The number of nitrogens with zero attached hydrogens (tertiary/aromatic N) is 4. The fourth-order valence-electron chi connectivity index (χ4n) is 2.55.